The Balaban J connectivity index is 1.60. The first-order chi connectivity index (χ1) is 16.9. The molecule has 0 fully saturated rings. The van der Waals surface area contributed by atoms with E-state index in [1.54, 1.807) is 32.4 Å². The average Bonchev–Trinajstić information content (AvgIpc) is 3.45. The number of carbonyl (C=O) groups is 1. The first-order valence-corrected chi connectivity index (χ1v) is 12.2. The van der Waals surface area contributed by atoms with Gasteiger partial charge in [-0.25, -0.2) is 0 Å². The summed E-state index contributed by atoms with van der Waals surface area (Å²) in [6, 6.07) is 15.5. The average molecular weight is 492 g/mol. The lowest BCUT2D eigenvalue weighted by Gasteiger charge is -2.15. The monoisotopic (exact) mass is 491 g/mol. The number of thioether (sulfide) groups is 1. The molecule has 35 heavy (non-hydrogen) atoms. The van der Waals surface area contributed by atoms with Crippen molar-refractivity contribution in [2.24, 2.45) is 7.05 Å². The normalized spacial score (nSPS) is 10.9. The summed E-state index contributed by atoms with van der Waals surface area (Å²) < 4.78 is 14.8. The van der Waals surface area contributed by atoms with Gasteiger partial charge in [-0.3, -0.25) is 9.36 Å². The third kappa shape index (κ3) is 5.35. The molecular weight excluding hydrogens is 462 g/mol. The number of nitrogens with zero attached hydrogens (tertiary/aromatic N) is 4. The largest absolute Gasteiger partial charge is 0.497 e. The smallest absolute Gasteiger partial charge is 0.234 e. The van der Waals surface area contributed by atoms with Gasteiger partial charge in [0.2, 0.25) is 5.91 Å². The second-order valence-electron chi connectivity index (χ2n) is 8.14. The summed E-state index contributed by atoms with van der Waals surface area (Å²) in [5.74, 6) is 1.99. The minimum absolute atomic E-state index is 0.160. The highest BCUT2D eigenvalue weighted by atomic mass is 32.2. The molecule has 2 heterocycles. The summed E-state index contributed by atoms with van der Waals surface area (Å²) in [6.07, 6.45) is 2.64. The molecule has 2 aromatic heterocycles. The SMILES string of the molecule is COc1ccc(OC)c(NC(=O)CSc2nnc(Cc3cccn3C)n2-c2cccc(C)c2C)c1. The summed E-state index contributed by atoms with van der Waals surface area (Å²) in [6.45, 7) is 4.18. The van der Waals surface area contributed by atoms with E-state index in [1.165, 1.54) is 17.3 Å². The summed E-state index contributed by atoms with van der Waals surface area (Å²) in [5.41, 5.74) is 5.02. The number of aryl methyl sites for hydroxylation is 2. The third-order valence-corrected chi connectivity index (χ3v) is 6.85. The van der Waals surface area contributed by atoms with Gasteiger partial charge in [0.05, 0.1) is 31.3 Å². The second-order valence-corrected chi connectivity index (χ2v) is 9.09. The highest BCUT2D eigenvalue weighted by molar-refractivity contribution is 7.99. The molecule has 0 saturated carbocycles. The fourth-order valence-corrected chi connectivity index (χ4v) is 4.56. The quantitative estimate of drug-likeness (QED) is 0.346. The number of carbonyl (C=O) groups excluding carboxylic acids is 1. The zero-order valence-corrected chi connectivity index (χ0v) is 21.3. The van der Waals surface area contributed by atoms with Crippen molar-refractivity contribution < 1.29 is 14.3 Å². The summed E-state index contributed by atoms with van der Waals surface area (Å²) in [4.78, 5) is 12.8. The van der Waals surface area contributed by atoms with Crippen molar-refractivity contribution in [2.45, 2.75) is 25.4 Å². The molecule has 0 radical (unpaired) electrons. The molecule has 0 spiro atoms. The maximum Gasteiger partial charge on any atom is 0.234 e. The van der Waals surface area contributed by atoms with Crippen molar-refractivity contribution in [3.8, 4) is 17.2 Å². The van der Waals surface area contributed by atoms with E-state index < -0.39 is 0 Å². The minimum atomic E-state index is -0.180. The number of nitrogens with one attached hydrogen (secondary N) is 1. The Morgan fingerprint density at radius 2 is 1.89 bits per heavy atom. The zero-order valence-electron chi connectivity index (χ0n) is 20.5. The van der Waals surface area contributed by atoms with Gasteiger partial charge in [0.25, 0.3) is 0 Å². The topological polar surface area (TPSA) is 83.2 Å². The van der Waals surface area contributed by atoms with Gasteiger partial charge in [0.1, 0.15) is 17.3 Å². The van der Waals surface area contributed by atoms with Gasteiger partial charge >= 0.3 is 0 Å². The number of ether oxygens (including phenoxy) is 2. The Kier molecular flexibility index (Phi) is 7.45. The molecule has 8 nitrogen and oxygen atoms in total. The summed E-state index contributed by atoms with van der Waals surface area (Å²) in [5, 5.41) is 12.5. The lowest BCUT2D eigenvalue weighted by Crippen LogP contribution is -2.15. The molecule has 2 aromatic carbocycles. The number of rotatable bonds is 9. The number of hydrogen-bond donors (Lipinski definition) is 1. The van der Waals surface area contributed by atoms with Crippen molar-refractivity contribution in [3.63, 3.8) is 0 Å². The van der Waals surface area contributed by atoms with E-state index in [4.69, 9.17) is 9.47 Å². The van der Waals surface area contributed by atoms with E-state index in [0.717, 1.165) is 22.8 Å². The Morgan fingerprint density at radius 1 is 1.06 bits per heavy atom. The van der Waals surface area contributed by atoms with Crippen LogP contribution in [-0.2, 0) is 18.3 Å². The van der Waals surface area contributed by atoms with Crippen LogP contribution in [-0.4, -0.2) is 45.2 Å². The van der Waals surface area contributed by atoms with Crippen LogP contribution in [0.2, 0.25) is 0 Å². The molecule has 1 N–H and O–H groups in total. The van der Waals surface area contributed by atoms with E-state index >= 15 is 0 Å². The summed E-state index contributed by atoms with van der Waals surface area (Å²) >= 11 is 1.34. The highest BCUT2D eigenvalue weighted by Crippen LogP contribution is 2.30. The number of hydrogen-bond acceptors (Lipinski definition) is 6. The zero-order chi connectivity index (χ0) is 24.9. The van der Waals surface area contributed by atoms with Crippen molar-refractivity contribution in [2.75, 3.05) is 25.3 Å². The van der Waals surface area contributed by atoms with Crippen LogP contribution in [0.15, 0.2) is 59.9 Å². The first-order valence-electron chi connectivity index (χ1n) is 11.2. The molecule has 1 amide bonds. The minimum Gasteiger partial charge on any atom is -0.497 e. The van der Waals surface area contributed by atoms with Crippen LogP contribution in [0.1, 0.15) is 22.6 Å². The molecule has 0 atom stereocenters. The number of aromatic nitrogens is 4. The molecule has 0 unspecified atom stereocenters. The van der Waals surface area contributed by atoms with E-state index in [2.05, 4.69) is 56.7 Å². The molecule has 0 aliphatic heterocycles. The maximum absolute atomic E-state index is 12.8. The maximum atomic E-state index is 12.8. The molecule has 4 rings (SSSR count). The third-order valence-electron chi connectivity index (χ3n) is 5.92. The van der Waals surface area contributed by atoms with Gasteiger partial charge in [0.15, 0.2) is 5.16 Å². The molecule has 0 aliphatic carbocycles. The van der Waals surface area contributed by atoms with Crippen LogP contribution in [0.3, 0.4) is 0 Å². The molecule has 0 aliphatic rings. The Bertz CT molecular complexity index is 1340. The van der Waals surface area contributed by atoms with Crippen LogP contribution >= 0.6 is 11.8 Å². The number of methoxy groups -OCH3 is 2. The predicted molar refractivity (Wildman–Crippen MR) is 138 cm³/mol. The Labute approximate surface area is 209 Å². The number of amides is 1. The van der Waals surface area contributed by atoms with Gasteiger partial charge in [-0.1, -0.05) is 23.9 Å². The molecule has 0 saturated heterocycles. The van der Waals surface area contributed by atoms with E-state index in [1.807, 2.05) is 25.4 Å². The molecular formula is C26H29N5O3S. The van der Waals surface area contributed by atoms with Gasteiger partial charge in [-0.2, -0.15) is 0 Å². The van der Waals surface area contributed by atoms with Gasteiger partial charge in [0, 0.05) is 31.4 Å². The molecule has 4 aromatic rings. The van der Waals surface area contributed by atoms with Crippen molar-refractivity contribution in [3.05, 3.63) is 77.4 Å². The predicted octanol–water partition coefficient (Wildman–Crippen LogP) is 4.56. The van der Waals surface area contributed by atoms with Crippen LogP contribution in [0.25, 0.3) is 5.69 Å². The number of anilines is 1. The van der Waals surface area contributed by atoms with Crippen molar-refractivity contribution in [1.82, 2.24) is 19.3 Å². The van der Waals surface area contributed by atoms with E-state index in [-0.39, 0.29) is 11.7 Å². The van der Waals surface area contributed by atoms with Gasteiger partial charge in [-0.05, 0) is 55.3 Å². The standard InChI is InChI=1S/C26H29N5O3S/c1-17-8-6-10-22(18(17)2)31-24(14-19-9-7-13-30(19)3)28-29-26(31)35-16-25(32)27-21-15-20(33-4)11-12-23(21)34-5/h6-13,15H,14,16H2,1-5H3,(H,27,32). The Hall–Kier alpha value is -3.72. The lowest BCUT2D eigenvalue weighted by molar-refractivity contribution is -0.113. The molecule has 182 valence electrons. The van der Waals surface area contributed by atoms with Crippen LogP contribution in [0, 0.1) is 13.8 Å². The van der Waals surface area contributed by atoms with E-state index in [9.17, 15) is 4.79 Å². The Morgan fingerprint density at radius 3 is 2.60 bits per heavy atom. The molecule has 0 bridgehead atoms. The van der Waals surface area contributed by atoms with E-state index in [0.29, 0.717) is 28.8 Å². The number of benzene rings is 2. The van der Waals surface area contributed by atoms with Gasteiger partial charge in [-0.15, -0.1) is 10.2 Å². The highest BCUT2D eigenvalue weighted by Gasteiger charge is 2.19. The fraction of sp³-hybridized carbons (Fsp3) is 0.269. The summed E-state index contributed by atoms with van der Waals surface area (Å²) in [7, 11) is 5.16. The first kappa shape index (κ1) is 24.4. The lowest BCUT2D eigenvalue weighted by atomic mass is 10.1. The van der Waals surface area contributed by atoms with Crippen LogP contribution < -0.4 is 14.8 Å². The van der Waals surface area contributed by atoms with Crippen molar-refractivity contribution >= 4 is 23.4 Å². The molecule has 9 heteroatoms. The van der Waals surface area contributed by atoms with Crippen molar-refractivity contribution in [1.29, 1.82) is 0 Å². The van der Waals surface area contributed by atoms with Crippen LogP contribution in [0.4, 0.5) is 5.69 Å². The fourth-order valence-electron chi connectivity index (χ4n) is 3.80. The van der Waals surface area contributed by atoms with Gasteiger partial charge < -0.3 is 19.4 Å². The van der Waals surface area contributed by atoms with Crippen LogP contribution in [0.5, 0.6) is 11.5 Å². The second kappa shape index (κ2) is 10.7.